The molecule has 3 aromatic rings. The van der Waals surface area contributed by atoms with Crippen molar-refractivity contribution in [3.8, 4) is 17.2 Å². The van der Waals surface area contributed by atoms with Crippen LogP contribution in [0.5, 0.6) is 17.2 Å². The monoisotopic (exact) mass is 458 g/mol. The van der Waals surface area contributed by atoms with Gasteiger partial charge >= 0.3 is 0 Å². The molecule has 34 heavy (non-hydrogen) atoms. The molecular formula is C25H26N6O3. The fourth-order valence-corrected chi connectivity index (χ4v) is 2.86. The average molecular weight is 459 g/mol. The minimum atomic E-state index is 0.198. The van der Waals surface area contributed by atoms with Gasteiger partial charge in [-0.1, -0.05) is 36.4 Å². The van der Waals surface area contributed by atoms with E-state index in [4.69, 9.17) is 14.2 Å². The summed E-state index contributed by atoms with van der Waals surface area (Å²) in [5, 5.41) is 16.7. The normalized spacial score (nSPS) is 11.8. The third kappa shape index (κ3) is 6.92. The van der Waals surface area contributed by atoms with E-state index in [2.05, 4.69) is 31.3 Å². The molecule has 174 valence electrons. The number of nitrogens with one attached hydrogen (secondary N) is 2. The van der Waals surface area contributed by atoms with Crippen molar-refractivity contribution in [2.75, 3.05) is 21.3 Å². The molecule has 3 aromatic carbocycles. The Hall–Kier alpha value is -4.66. The summed E-state index contributed by atoms with van der Waals surface area (Å²) >= 11 is 0. The van der Waals surface area contributed by atoms with Crippen LogP contribution in [0.3, 0.4) is 0 Å². The van der Waals surface area contributed by atoms with Gasteiger partial charge in [-0.15, -0.1) is 5.10 Å². The maximum Gasteiger partial charge on any atom is 0.257 e. The van der Waals surface area contributed by atoms with Crippen LogP contribution in [-0.4, -0.2) is 45.9 Å². The molecule has 0 saturated heterocycles. The molecule has 0 unspecified atom stereocenters. The van der Waals surface area contributed by atoms with E-state index < -0.39 is 0 Å². The molecule has 9 heteroatoms. The zero-order valence-electron chi connectivity index (χ0n) is 19.2. The highest BCUT2D eigenvalue weighted by molar-refractivity contribution is 5.89. The molecule has 0 aliphatic rings. The average Bonchev–Trinajstić information content (AvgIpc) is 2.89. The number of hydrogen-bond acceptors (Lipinski definition) is 7. The molecule has 0 fully saturated rings. The third-order valence-electron chi connectivity index (χ3n) is 4.52. The van der Waals surface area contributed by atoms with Crippen molar-refractivity contribution in [3.63, 3.8) is 0 Å². The van der Waals surface area contributed by atoms with Gasteiger partial charge < -0.3 is 14.2 Å². The van der Waals surface area contributed by atoms with Gasteiger partial charge in [0, 0.05) is 16.7 Å². The summed E-state index contributed by atoms with van der Waals surface area (Å²) in [6.07, 6.45) is 4.81. The van der Waals surface area contributed by atoms with Crippen molar-refractivity contribution in [1.82, 2.24) is 10.9 Å². The number of para-hydroxylation sites is 3. The van der Waals surface area contributed by atoms with Crippen molar-refractivity contribution in [2.24, 2.45) is 20.4 Å². The lowest BCUT2D eigenvalue weighted by atomic mass is 10.2. The Bertz CT molecular complexity index is 1130. The highest BCUT2D eigenvalue weighted by Gasteiger charge is 2.01. The molecule has 0 amide bonds. The van der Waals surface area contributed by atoms with Gasteiger partial charge in [0.25, 0.3) is 5.96 Å². The first kappa shape index (κ1) is 24.0. The fraction of sp³-hybridized carbons (Fsp3) is 0.120. The molecule has 0 atom stereocenters. The van der Waals surface area contributed by atoms with E-state index in [1.165, 1.54) is 0 Å². The summed E-state index contributed by atoms with van der Waals surface area (Å²) in [4.78, 5) is 0. The minimum Gasteiger partial charge on any atom is -0.496 e. The molecule has 0 heterocycles. The molecule has 3 rings (SSSR count). The first-order valence-electron chi connectivity index (χ1n) is 10.3. The molecule has 0 spiro atoms. The molecule has 0 aliphatic carbocycles. The standard InChI is InChI=1S/C25H26N6O3/c1-32-22-13-7-4-10-19(22)16-26-29-25(30-27-17-20-11-5-8-14-23(20)33-2)31-28-18-21-12-6-9-15-24(21)34-3/h4-18H,1-3H3,(H2,29,30,31)/b26-16-,27-17+,28-18+. The van der Waals surface area contributed by atoms with Crippen LogP contribution in [0.15, 0.2) is 93.2 Å². The van der Waals surface area contributed by atoms with Crippen molar-refractivity contribution in [3.05, 3.63) is 89.5 Å². The summed E-state index contributed by atoms with van der Waals surface area (Å²) in [5.41, 5.74) is 8.00. The zero-order valence-corrected chi connectivity index (χ0v) is 19.2. The van der Waals surface area contributed by atoms with Gasteiger partial charge in [-0.05, 0) is 36.4 Å². The second-order valence-corrected chi connectivity index (χ2v) is 6.66. The van der Waals surface area contributed by atoms with E-state index in [9.17, 15) is 0 Å². The predicted octanol–water partition coefficient (Wildman–Crippen LogP) is 3.65. The quantitative estimate of drug-likeness (QED) is 0.290. The molecule has 9 nitrogen and oxygen atoms in total. The van der Waals surface area contributed by atoms with Gasteiger partial charge in [-0.3, -0.25) is 0 Å². The van der Waals surface area contributed by atoms with Crippen molar-refractivity contribution in [2.45, 2.75) is 0 Å². The van der Waals surface area contributed by atoms with Crippen LogP contribution < -0.4 is 25.1 Å². The minimum absolute atomic E-state index is 0.198. The fourth-order valence-electron chi connectivity index (χ4n) is 2.86. The van der Waals surface area contributed by atoms with Crippen LogP contribution >= 0.6 is 0 Å². The molecule has 0 bridgehead atoms. The first-order chi connectivity index (χ1) is 16.7. The third-order valence-corrected chi connectivity index (χ3v) is 4.52. The second-order valence-electron chi connectivity index (χ2n) is 6.66. The van der Waals surface area contributed by atoms with E-state index in [1.54, 1.807) is 40.0 Å². The maximum atomic E-state index is 5.34. The second kappa shape index (κ2) is 13.0. The van der Waals surface area contributed by atoms with Gasteiger partial charge in [-0.2, -0.15) is 15.3 Å². The maximum absolute atomic E-state index is 5.34. The number of ether oxygens (including phenoxy) is 3. The highest BCUT2D eigenvalue weighted by Crippen LogP contribution is 2.16. The van der Waals surface area contributed by atoms with E-state index in [1.807, 2.05) is 72.8 Å². The summed E-state index contributed by atoms with van der Waals surface area (Å²) in [7, 11) is 4.81. The van der Waals surface area contributed by atoms with Crippen LogP contribution in [-0.2, 0) is 0 Å². The molecular weight excluding hydrogens is 432 g/mol. The van der Waals surface area contributed by atoms with E-state index in [0.29, 0.717) is 17.2 Å². The number of hydrogen-bond donors (Lipinski definition) is 2. The van der Waals surface area contributed by atoms with Crippen molar-refractivity contribution >= 4 is 24.6 Å². The van der Waals surface area contributed by atoms with Crippen LogP contribution in [0.2, 0.25) is 0 Å². The Balaban J connectivity index is 1.78. The Labute approximate surface area is 198 Å². The van der Waals surface area contributed by atoms with Gasteiger partial charge in [0.05, 0.1) is 40.0 Å². The number of methoxy groups -OCH3 is 3. The largest absolute Gasteiger partial charge is 0.496 e. The molecule has 0 saturated carbocycles. The highest BCUT2D eigenvalue weighted by atomic mass is 16.5. The van der Waals surface area contributed by atoms with Gasteiger partial charge in [-0.25, -0.2) is 10.9 Å². The lowest BCUT2D eigenvalue weighted by Gasteiger charge is -2.06. The number of nitrogens with zero attached hydrogens (tertiary/aromatic N) is 4. The SMILES string of the molecule is COc1ccccc1/C=N\NC(=N/N=C/c1ccccc1OC)N/N=C/c1ccccc1OC. The molecule has 0 radical (unpaired) electrons. The Morgan fingerprint density at radius 3 is 1.38 bits per heavy atom. The van der Waals surface area contributed by atoms with E-state index >= 15 is 0 Å². The van der Waals surface area contributed by atoms with Crippen LogP contribution in [0.25, 0.3) is 0 Å². The summed E-state index contributed by atoms with van der Waals surface area (Å²) in [6, 6.07) is 22.5. The van der Waals surface area contributed by atoms with E-state index in [0.717, 1.165) is 16.7 Å². The Morgan fingerprint density at radius 2 is 0.971 bits per heavy atom. The molecule has 0 aromatic heterocycles. The van der Waals surface area contributed by atoms with Gasteiger partial charge in [0.2, 0.25) is 0 Å². The lowest BCUT2D eigenvalue weighted by Crippen LogP contribution is -2.30. The van der Waals surface area contributed by atoms with Crippen LogP contribution in [0, 0.1) is 0 Å². The van der Waals surface area contributed by atoms with Crippen LogP contribution in [0.4, 0.5) is 0 Å². The Morgan fingerprint density at radius 1 is 0.588 bits per heavy atom. The molecule has 2 N–H and O–H groups in total. The number of hydrazone groups is 2. The zero-order chi connectivity index (χ0) is 24.0. The van der Waals surface area contributed by atoms with Crippen molar-refractivity contribution < 1.29 is 14.2 Å². The van der Waals surface area contributed by atoms with Gasteiger partial charge in [0.1, 0.15) is 17.2 Å². The summed E-state index contributed by atoms with van der Waals surface area (Å²) in [5.74, 6) is 2.28. The smallest absolute Gasteiger partial charge is 0.257 e. The van der Waals surface area contributed by atoms with Crippen molar-refractivity contribution in [1.29, 1.82) is 0 Å². The number of rotatable bonds is 9. The van der Waals surface area contributed by atoms with Gasteiger partial charge in [0.15, 0.2) is 0 Å². The summed E-state index contributed by atoms with van der Waals surface area (Å²) in [6.45, 7) is 0. The number of benzene rings is 3. The lowest BCUT2D eigenvalue weighted by molar-refractivity contribution is 0.414. The Kier molecular flexibility index (Phi) is 9.19. The first-order valence-corrected chi connectivity index (χ1v) is 10.3. The molecule has 0 aliphatic heterocycles. The number of guanidine groups is 1. The summed E-state index contributed by atoms with van der Waals surface area (Å²) < 4.78 is 16.0. The van der Waals surface area contributed by atoms with E-state index in [-0.39, 0.29) is 5.96 Å². The van der Waals surface area contributed by atoms with Crippen LogP contribution in [0.1, 0.15) is 16.7 Å². The topological polar surface area (TPSA) is 101 Å². The predicted molar refractivity (Wildman–Crippen MR) is 135 cm³/mol.